The van der Waals surface area contributed by atoms with Gasteiger partial charge in [0, 0.05) is 19.0 Å². The van der Waals surface area contributed by atoms with Crippen molar-refractivity contribution >= 4 is 0 Å². The molecule has 0 amide bonds. The number of hydrogen-bond acceptors (Lipinski definition) is 5. The van der Waals surface area contributed by atoms with E-state index < -0.39 is 0 Å². The van der Waals surface area contributed by atoms with Gasteiger partial charge < -0.3 is 4.42 Å². The molecule has 5 nitrogen and oxygen atoms in total. The molecule has 0 spiro atoms. The molecule has 106 valence electrons. The second kappa shape index (κ2) is 6.01. The predicted molar refractivity (Wildman–Crippen MR) is 72.8 cm³/mol. The summed E-state index contributed by atoms with van der Waals surface area (Å²) >= 11 is 0. The standard InChI is InChI=1S/C14H24N4O/c1-2-13-15-16-14(19-13)11-17-7-5-6-12(10-17)18-8-3-4-9-18/h12H,2-11H2,1H3/t12-/m0/s1. The maximum Gasteiger partial charge on any atom is 0.230 e. The van der Waals surface area contributed by atoms with Gasteiger partial charge in [0.05, 0.1) is 6.54 Å². The van der Waals surface area contributed by atoms with Crippen LogP contribution in [-0.4, -0.2) is 52.2 Å². The Morgan fingerprint density at radius 3 is 2.63 bits per heavy atom. The Bertz CT molecular complexity index is 400. The number of likely N-dealkylation sites (tertiary alicyclic amines) is 2. The Kier molecular flexibility index (Phi) is 4.13. The van der Waals surface area contributed by atoms with E-state index >= 15 is 0 Å². The van der Waals surface area contributed by atoms with Crippen LogP contribution in [0.4, 0.5) is 0 Å². The first kappa shape index (κ1) is 13.1. The molecule has 5 heteroatoms. The van der Waals surface area contributed by atoms with Crippen LogP contribution >= 0.6 is 0 Å². The van der Waals surface area contributed by atoms with E-state index in [2.05, 4.69) is 20.0 Å². The summed E-state index contributed by atoms with van der Waals surface area (Å²) in [6.45, 7) is 7.76. The van der Waals surface area contributed by atoms with Gasteiger partial charge in [-0.1, -0.05) is 6.92 Å². The minimum Gasteiger partial charge on any atom is -0.424 e. The number of piperidine rings is 1. The van der Waals surface area contributed by atoms with E-state index in [-0.39, 0.29) is 0 Å². The predicted octanol–water partition coefficient (Wildman–Crippen LogP) is 1.69. The molecule has 3 rings (SSSR count). The first-order valence-electron chi connectivity index (χ1n) is 7.63. The van der Waals surface area contributed by atoms with Gasteiger partial charge in [-0.2, -0.15) is 0 Å². The van der Waals surface area contributed by atoms with E-state index in [1.54, 1.807) is 0 Å². The average molecular weight is 264 g/mol. The molecule has 1 atom stereocenters. The van der Waals surface area contributed by atoms with Crippen LogP contribution in [-0.2, 0) is 13.0 Å². The quantitative estimate of drug-likeness (QED) is 0.828. The van der Waals surface area contributed by atoms with Gasteiger partial charge in [0.2, 0.25) is 11.8 Å². The van der Waals surface area contributed by atoms with E-state index in [1.165, 1.54) is 38.8 Å². The van der Waals surface area contributed by atoms with E-state index in [0.717, 1.165) is 43.9 Å². The van der Waals surface area contributed by atoms with Crippen molar-refractivity contribution in [3.05, 3.63) is 11.8 Å². The van der Waals surface area contributed by atoms with E-state index in [0.29, 0.717) is 0 Å². The molecule has 1 aromatic rings. The molecule has 2 fully saturated rings. The number of aryl methyl sites for hydroxylation is 1. The van der Waals surface area contributed by atoms with Gasteiger partial charge in [-0.05, 0) is 45.3 Å². The molecule has 0 radical (unpaired) electrons. The lowest BCUT2D eigenvalue weighted by molar-refractivity contribution is 0.104. The molecule has 0 N–H and O–H groups in total. The van der Waals surface area contributed by atoms with Gasteiger partial charge in [0.1, 0.15) is 0 Å². The minimum atomic E-state index is 0.741. The summed E-state index contributed by atoms with van der Waals surface area (Å²) in [5, 5.41) is 8.17. The minimum absolute atomic E-state index is 0.741. The van der Waals surface area contributed by atoms with E-state index in [9.17, 15) is 0 Å². The lowest BCUT2D eigenvalue weighted by Gasteiger charge is -2.36. The molecule has 19 heavy (non-hydrogen) atoms. The van der Waals surface area contributed by atoms with Gasteiger partial charge in [-0.15, -0.1) is 10.2 Å². The molecular weight excluding hydrogens is 240 g/mol. The monoisotopic (exact) mass is 264 g/mol. The lowest BCUT2D eigenvalue weighted by atomic mass is 10.0. The summed E-state index contributed by atoms with van der Waals surface area (Å²) in [5.41, 5.74) is 0. The second-order valence-electron chi connectivity index (χ2n) is 5.72. The molecule has 3 heterocycles. The normalized spacial score (nSPS) is 26.1. The number of nitrogens with zero attached hydrogens (tertiary/aromatic N) is 4. The number of aromatic nitrogens is 2. The Hall–Kier alpha value is -0.940. The molecule has 0 saturated carbocycles. The van der Waals surface area contributed by atoms with Crippen LogP contribution in [0.1, 0.15) is 44.4 Å². The fraction of sp³-hybridized carbons (Fsp3) is 0.857. The van der Waals surface area contributed by atoms with Gasteiger partial charge in [0.15, 0.2) is 0 Å². The third kappa shape index (κ3) is 3.15. The van der Waals surface area contributed by atoms with Crippen molar-refractivity contribution in [2.24, 2.45) is 0 Å². The summed E-state index contributed by atoms with van der Waals surface area (Å²) in [6, 6.07) is 0.741. The molecule has 0 unspecified atom stereocenters. The van der Waals surface area contributed by atoms with Gasteiger partial charge in [-0.3, -0.25) is 9.80 Å². The summed E-state index contributed by atoms with van der Waals surface area (Å²) in [5.74, 6) is 1.53. The number of rotatable bonds is 4. The Labute approximate surface area is 115 Å². The zero-order chi connectivity index (χ0) is 13.1. The van der Waals surface area contributed by atoms with Crippen LogP contribution in [0, 0.1) is 0 Å². The van der Waals surface area contributed by atoms with Gasteiger partial charge in [0.25, 0.3) is 0 Å². The average Bonchev–Trinajstić information content (AvgIpc) is 3.10. The van der Waals surface area contributed by atoms with Crippen molar-refractivity contribution in [2.75, 3.05) is 26.2 Å². The molecule has 2 aliphatic heterocycles. The largest absolute Gasteiger partial charge is 0.424 e. The van der Waals surface area contributed by atoms with Crippen LogP contribution in [0.3, 0.4) is 0 Å². The van der Waals surface area contributed by atoms with E-state index in [1.807, 2.05) is 6.92 Å². The van der Waals surface area contributed by atoms with Gasteiger partial charge in [-0.25, -0.2) is 0 Å². The molecular formula is C14H24N4O. The Morgan fingerprint density at radius 1 is 1.11 bits per heavy atom. The summed E-state index contributed by atoms with van der Waals surface area (Å²) in [6.07, 6.45) is 6.21. The van der Waals surface area contributed by atoms with Crippen LogP contribution < -0.4 is 0 Å². The van der Waals surface area contributed by atoms with Crippen molar-refractivity contribution in [1.29, 1.82) is 0 Å². The zero-order valence-electron chi connectivity index (χ0n) is 11.8. The summed E-state index contributed by atoms with van der Waals surface area (Å²) in [4.78, 5) is 5.14. The SMILES string of the molecule is CCc1nnc(CN2CCC[C@H](N3CCCC3)C2)o1. The first-order chi connectivity index (χ1) is 9.35. The maximum absolute atomic E-state index is 5.62. The van der Waals surface area contributed by atoms with Crippen molar-refractivity contribution in [3.63, 3.8) is 0 Å². The van der Waals surface area contributed by atoms with Crippen LogP contribution in [0.2, 0.25) is 0 Å². The molecule has 2 saturated heterocycles. The lowest BCUT2D eigenvalue weighted by Crippen LogP contribution is -2.46. The van der Waals surface area contributed by atoms with E-state index in [4.69, 9.17) is 4.42 Å². The van der Waals surface area contributed by atoms with Crippen molar-refractivity contribution in [3.8, 4) is 0 Å². The summed E-state index contributed by atoms with van der Waals surface area (Å²) < 4.78 is 5.62. The second-order valence-corrected chi connectivity index (χ2v) is 5.72. The highest BCUT2D eigenvalue weighted by Crippen LogP contribution is 2.21. The highest BCUT2D eigenvalue weighted by molar-refractivity contribution is 4.87. The van der Waals surface area contributed by atoms with Crippen molar-refractivity contribution in [1.82, 2.24) is 20.0 Å². The molecule has 0 bridgehead atoms. The Morgan fingerprint density at radius 2 is 1.89 bits per heavy atom. The smallest absolute Gasteiger partial charge is 0.230 e. The highest BCUT2D eigenvalue weighted by atomic mass is 16.4. The van der Waals surface area contributed by atoms with Crippen molar-refractivity contribution in [2.45, 2.75) is 51.6 Å². The third-order valence-electron chi connectivity index (χ3n) is 4.31. The van der Waals surface area contributed by atoms with Crippen LogP contribution in [0.25, 0.3) is 0 Å². The molecule has 0 aromatic carbocycles. The Balaban J connectivity index is 1.55. The maximum atomic E-state index is 5.62. The van der Waals surface area contributed by atoms with Crippen LogP contribution in [0.15, 0.2) is 4.42 Å². The van der Waals surface area contributed by atoms with Gasteiger partial charge >= 0.3 is 0 Å². The fourth-order valence-corrected chi connectivity index (χ4v) is 3.27. The zero-order valence-corrected chi connectivity index (χ0v) is 11.8. The van der Waals surface area contributed by atoms with Crippen LogP contribution in [0.5, 0.6) is 0 Å². The highest BCUT2D eigenvalue weighted by Gasteiger charge is 2.27. The molecule has 2 aliphatic rings. The summed E-state index contributed by atoms with van der Waals surface area (Å²) in [7, 11) is 0. The fourth-order valence-electron chi connectivity index (χ4n) is 3.27. The number of hydrogen-bond donors (Lipinski definition) is 0. The third-order valence-corrected chi connectivity index (χ3v) is 4.31. The topological polar surface area (TPSA) is 45.4 Å². The van der Waals surface area contributed by atoms with Crippen molar-refractivity contribution < 1.29 is 4.42 Å². The first-order valence-corrected chi connectivity index (χ1v) is 7.63. The molecule has 0 aliphatic carbocycles. The molecule has 1 aromatic heterocycles.